The Hall–Kier alpha value is -2.14. The van der Waals surface area contributed by atoms with Gasteiger partial charge in [0.25, 0.3) is 5.91 Å². The molecule has 88 valence electrons. The molecule has 0 atom stereocenters. The van der Waals surface area contributed by atoms with Crippen LogP contribution in [0.1, 0.15) is 10.5 Å². The molecule has 0 saturated heterocycles. The Labute approximate surface area is 98.6 Å². The second-order valence-electron chi connectivity index (χ2n) is 3.49. The van der Waals surface area contributed by atoms with Crippen LogP contribution < -0.4 is 11.1 Å². The number of amides is 1. The summed E-state index contributed by atoms with van der Waals surface area (Å²) in [6, 6.07) is 9.48. The van der Waals surface area contributed by atoms with Crippen LogP contribution in [0.3, 0.4) is 0 Å². The molecule has 0 aliphatic carbocycles. The smallest absolute Gasteiger partial charge is 0.274 e. The van der Waals surface area contributed by atoms with Crippen molar-refractivity contribution in [2.24, 2.45) is 5.73 Å². The quantitative estimate of drug-likeness (QED) is 0.823. The lowest BCUT2D eigenvalue weighted by Gasteiger charge is -2.02. The van der Waals surface area contributed by atoms with Crippen LogP contribution >= 0.6 is 0 Å². The second kappa shape index (κ2) is 5.27. The molecule has 17 heavy (non-hydrogen) atoms. The van der Waals surface area contributed by atoms with E-state index in [9.17, 15) is 4.79 Å². The molecule has 0 radical (unpaired) electrons. The lowest BCUT2D eigenvalue weighted by atomic mass is 10.1. The van der Waals surface area contributed by atoms with E-state index in [1.165, 1.54) is 6.26 Å². The molecule has 5 nitrogen and oxygen atoms in total. The lowest BCUT2D eigenvalue weighted by Crippen LogP contribution is -2.29. The first-order valence-corrected chi connectivity index (χ1v) is 5.31. The summed E-state index contributed by atoms with van der Waals surface area (Å²) in [4.78, 5) is 11.8. The minimum Gasteiger partial charge on any atom is -0.363 e. The number of nitrogens with two attached hydrogens (primary N) is 1. The highest BCUT2D eigenvalue weighted by atomic mass is 16.5. The number of nitrogens with one attached hydrogen (secondary N) is 1. The molecular weight excluding hydrogens is 218 g/mol. The monoisotopic (exact) mass is 231 g/mol. The third-order valence-electron chi connectivity index (χ3n) is 2.30. The fourth-order valence-corrected chi connectivity index (χ4v) is 1.49. The molecule has 0 spiro atoms. The molecule has 1 aromatic carbocycles. The van der Waals surface area contributed by atoms with Crippen molar-refractivity contribution in [2.75, 3.05) is 13.1 Å². The van der Waals surface area contributed by atoms with Gasteiger partial charge in [0.05, 0.1) is 5.56 Å². The van der Waals surface area contributed by atoms with Gasteiger partial charge in [-0.15, -0.1) is 0 Å². The van der Waals surface area contributed by atoms with E-state index in [1.54, 1.807) is 0 Å². The molecule has 0 fully saturated rings. The zero-order valence-corrected chi connectivity index (χ0v) is 9.22. The van der Waals surface area contributed by atoms with Crippen LogP contribution in [0.25, 0.3) is 11.1 Å². The van der Waals surface area contributed by atoms with Gasteiger partial charge in [-0.2, -0.15) is 0 Å². The summed E-state index contributed by atoms with van der Waals surface area (Å²) in [6.07, 6.45) is 1.46. The van der Waals surface area contributed by atoms with E-state index >= 15 is 0 Å². The second-order valence-corrected chi connectivity index (χ2v) is 3.49. The van der Waals surface area contributed by atoms with E-state index < -0.39 is 0 Å². The van der Waals surface area contributed by atoms with Gasteiger partial charge in [-0.3, -0.25) is 4.79 Å². The Bertz CT molecular complexity index is 493. The zero-order chi connectivity index (χ0) is 12.1. The fraction of sp³-hybridized carbons (Fsp3) is 0.167. The number of aromatic nitrogens is 1. The van der Waals surface area contributed by atoms with Crippen LogP contribution in [0.5, 0.6) is 0 Å². The molecule has 1 aromatic heterocycles. The van der Waals surface area contributed by atoms with Crippen molar-refractivity contribution >= 4 is 5.91 Å². The first-order chi connectivity index (χ1) is 8.33. The first-order valence-electron chi connectivity index (χ1n) is 5.31. The van der Waals surface area contributed by atoms with Crippen LogP contribution in [0.15, 0.2) is 41.1 Å². The zero-order valence-electron chi connectivity index (χ0n) is 9.22. The van der Waals surface area contributed by atoms with Crippen molar-refractivity contribution in [2.45, 2.75) is 0 Å². The van der Waals surface area contributed by atoms with E-state index in [1.807, 2.05) is 30.3 Å². The SMILES string of the molecule is NCCNC(=O)c1nocc1-c1ccccc1. The minimum absolute atomic E-state index is 0.275. The predicted octanol–water partition coefficient (Wildman–Crippen LogP) is 1.03. The summed E-state index contributed by atoms with van der Waals surface area (Å²) in [5.41, 5.74) is 7.18. The Morgan fingerprint density at radius 2 is 2.12 bits per heavy atom. The highest BCUT2D eigenvalue weighted by Crippen LogP contribution is 2.22. The number of benzene rings is 1. The molecule has 1 amide bonds. The molecule has 2 rings (SSSR count). The molecule has 1 heterocycles. The van der Waals surface area contributed by atoms with E-state index in [-0.39, 0.29) is 11.6 Å². The largest absolute Gasteiger partial charge is 0.363 e. The predicted molar refractivity (Wildman–Crippen MR) is 63.3 cm³/mol. The summed E-state index contributed by atoms with van der Waals surface area (Å²) in [5, 5.41) is 6.38. The lowest BCUT2D eigenvalue weighted by molar-refractivity contribution is 0.0946. The summed E-state index contributed by atoms with van der Waals surface area (Å²) in [7, 11) is 0. The van der Waals surface area contributed by atoms with Crippen LogP contribution in [0.2, 0.25) is 0 Å². The molecule has 5 heteroatoms. The average Bonchev–Trinajstić information content (AvgIpc) is 2.86. The maximum Gasteiger partial charge on any atom is 0.274 e. The summed E-state index contributed by atoms with van der Waals surface area (Å²) < 4.78 is 4.86. The van der Waals surface area contributed by atoms with Gasteiger partial charge in [0, 0.05) is 13.1 Å². The van der Waals surface area contributed by atoms with Crippen molar-refractivity contribution in [3.8, 4) is 11.1 Å². The van der Waals surface area contributed by atoms with Crippen LogP contribution in [0, 0.1) is 0 Å². The van der Waals surface area contributed by atoms with E-state index in [4.69, 9.17) is 10.3 Å². The number of hydrogen-bond donors (Lipinski definition) is 2. The van der Waals surface area contributed by atoms with Gasteiger partial charge in [0.2, 0.25) is 0 Å². The van der Waals surface area contributed by atoms with Crippen molar-refractivity contribution in [1.82, 2.24) is 10.5 Å². The van der Waals surface area contributed by atoms with Crippen LogP contribution in [-0.2, 0) is 0 Å². The van der Waals surface area contributed by atoms with Gasteiger partial charge in [-0.05, 0) is 5.56 Å². The van der Waals surface area contributed by atoms with Crippen LogP contribution in [-0.4, -0.2) is 24.2 Å². The first kappa shape index (κ1) is 11.3. The topological polar surface area (TPSA) is 81.1 Å². The van der Waals surface area contributed by atoms with E-state index in [2.05, 4.69) is 10.5 Å². The third kappa shape index (κ3) is 2.51. The molecule has 0 aliphatic heterocycles. The molecule has 2 aromatic rings. The Morgan fingerprint density at radius 1 is 1.35 bits per heavy atom. The van der Waals surface area contributed by atoms with Gasteiger partial charge in [0.1, 0.15) is 6.26 Å². The molecule has 0 saturated carbocycles. The fourth-order valence-electron chi connectivity index (χ4n) is 1.49. The average molecular weight is 231 g/mol. The number of hydrogen-bond acceptors (Lipinski definition) is 4. The molecular formula is C12H13N3O2. The van der Waals surface area contributed by atoms with Crippen molar-refractivity contribution in [3.63, 3.8) is 0 Å². The maximum absolute atomic E-state index is 11.8. The Balaban J connectivity index is 2.26. The highest BCUT2D eigenvalue weighted by Gasteiger charge is 2.16. The summed E-state index contributed by atoms with van der Waals surface area (Å²) >= 11 is 0. The molecule has 3 N–H and O–H groups in total. The van der Waals surface area contributed by atoms with Gasteiger partial charge < -0.3 is 15.6 Å². The van der Waals surface area contributed by atoms with Gasteiger partial charge in [-0.1, -0.05) is 35.5 Å². The minimum atomic E-state index is -0.275. The summed E-state index contributed by atoms with van der Waals surface area (Å²) in [5.74, 6) is -0.275. The Kier molecular flexibility index (Phi) is 3.52. The van der Waals surface area contributed by atoms with E-state index in [0.29, 0.717) is 18.7 Å². The van der Waals surface area contributed by atoms with Crippen LogP contribution in [0.4, 0.5) is 0 Å². The van der Waals surface area contributed by atoms with Crippen molar-refractivity contribution in [1.29, 1.82) is 0 Å². The standard InChI is InChI=1S/C12H13N3O2/c13-6-7-14-12(16)11-10(8-17-15-11)9-4-2-1-3-5-9/h1-5,8H,6-7,13H2,(H,14,16). The van der Waals surface area contributed by atoms with Crippen molar-refractivity contribution in [3.05, 3.63) is 42.3 Å². The Morgan fingerprint density at radius 3 is 2.82 bits per heavy atom. The van der Waals surface area contributed by atoms with Gasteiger partial charge in [-0.25, -0.2) is 0 Å². The number of nitrogens with zero attached hydrogens (tertiary/aromatic N) is 1. The summed E-state index contributed by atoms with van der Waals surface area (Å²) in [6.45, 7) is 0.810. The maximum atomic E-state index is 11.8. The van der Waals surface area contributed by atoms with E-state index in [0.717, 1.165) is 5.56 Å². The van der Waals surface area contributed by atoms with Crippen molar-refractivity contribution < 1.29 is 9.32 Å². The molecule has 0 bridgehead atoms. The third-order valence-corrected chi connectivity index (χ3v) is 2.30. The highest BCUT2D eigenvalue weighted by molar-refractivity contribution is 5.98. The number of rotatable bonds is 4. The molecule has 0 aliphatic rings. The number of carbonyl (C=O) groups excluding carboxylic acids is 1. The van der Waals surface area contributed by atoms with Gasteiger partial charge >= 0.3 is 0 Å². The van der Waals surface area contributed by atoms with Gasteiger partial charge in [0.15, 0.2) is 5.69 Å². The number of carbonyl (C=O) groups is 1. The normalized spacial score (nSPS) is 10.2. The molecule has 0 unspecified atom stereocenters.